The van der Waals surface area contributed by atoms with Gasteiger partial charge in [0.05, 0.1) is 0 Å². The summed E-state index contributed by atoms with van der Waals surface area (Å²) in [5.41, 5.74) is 2.09. The fourth-order valence-electron chi connectivity index (χ4n) is 2.36. The molecule has 0 aliphatic heterocycles. The van der Waals surface area contributed by atoms with Gasteiger partial charge in [0.25, 0.3) is 0 Å². The second-order valence-electron chi connectivity index (χ2n) is 6.46. The maximum Gasteiger partial charge on any atom is 0.0175 e. The smallest absolute Gasteiger partial charge is 0.0175 e. The molecular formula is C15H22BrN. The lowest BCUT2D eigenvalue weighted by molar-refractivity contribution is 0.406. The summed E-state index contributed by atoms with van der Waals surface area (Å²) in [6.07, 6.45) is 1.30. The number of benzene rings is 1. The van der Waals surface area contributed by atoms with Gasteiger partial charge < -0.3 is 5.32 Å². The molecule has 0 radical (unpaired) electrons. The van der Waals surface area contributed by atoms with E-state index in [1.807, 2.05) is 0 Å². The van der Waals surface area contributed by atoms with E-state index in [4.69, 9.17) is 0 Å². The summed E-state index contributed by atoms with van der Waals surface area (Å²) in [5.74, 6) is 0.780. The Hall–Kier alpha value is -0.340. The van der Waals surface area contributed by atoms with Crippen LogP contribution in [0.1, 0.15) is 39.7 Å². The van der Waals surface area contributed by atoms with Gasteiger partial charge in [0.2, 0.25) is 0 Å². The fourth-order valence-corrected chi connectivity index (χ4v) is 2.63. The van der Waals surface area contributed by atoms with E-state index in [0.29, 0.717) is 5.41 Å². The van der Waals surface area contributed by atoms with Crippen LogP contribution in [0.4, 0.5) is 0 Å². The van der Waals surface area contributed by atoms with Crippen molar-refractivity contribution in [3.05, 3.63) is 34.3 Å². The molecule has 0 amide bonds. The topological polar surface area (TPSA) is 12.0 Å². The maximum absolute atomic E-state index is 3.61. The van der Waals surface area contributed by atoms with E-state index in [0.717, 1.165) is 16.9 Å². The Kier molecular flexibility index (Phi) is 3.39. The van der Waals surface area contributed by atoms with Crippen molar-refractivity contribution in [2.75, 3.05) is 6.54 Å². The van der Waals surface area contributed by atoms with Gasteiger partial charge in [0, 0.05) is 10.0 Å². The lowest BCUT2D eigenvalue weighted by Crippen LogP contribution is -2.37. The average Bonchev–Trinajstić information content (AvgIpc) is 2.88. The number of halogens is 1. The van der Waals surface area contributed by atoms with E-state index in [1.54, 1.807) is 0 Å². The molecule has 2 unspecified atom stereocenters. The van der Waals surface area contributed by atoms with Crippen LogP contribution in [0.3, 0.4) is 0 Å². The molecule has 1 saturated carbocycles. The van der Waals surface area contributed by atoms with Crippen LogP contribution in [-0.4, -0.2) is 12.1 Å². The second kappa shape index (κ2) is 4.40. The van der Waals surface area contributed by atoms with E-state index in [2.05, 4.69) is 73.2 Å². The van der Waals surface area contributed by atoms with Crippen molar-refractivity contribution in [3.63, 3.8) is 0 Å². The standard InChI is InChI=1S/C15H22BrN/c1-14(2,3)17-10-12-9-15(12,4)11-5-7-13(16)8-6-11/h5-8,12,17H,9-10H2,1-4H3. The van der Waals surface area contributed by atoms with Crippen LogP contribution in [0.15, 0.2) is 28.7 Å². The normalized spacial score (nSPS) is 28.2. The minimum Gasteiger partial charge on any atom is -0.312 e. The molecule has 1 fully saturated rings. The molecule has 2 heteroatoms. The summed E-state index contributed by atoms with van der Waals surface area (Å²) >= 11 is 3.49. The van der Waals surface area contributed by atoms with Crippen LogP contribution >= 0.6 is 15.9 Å². The molecule has 0 heterocycles. The molecule has 94 valence electrons. The quantitative estimate of drug-likeness (QED) is 0.885. The van der Waals surface area contributed by atoms with Crippen molar-refractivity contribution in [2.24, 2.45) is 5.92 Å². The Morgan fingerprint density at radius 1 is 1.29 bits per heavy atom. The molecule has 1 nitrogen and oxygen atoms in total. The highest BCUT2D eigenvalue weighted by atomic mass is 79.9. The van der Waals surface area contributed by atoms with Crippen LogP contribution in [0.5, 0.6) is 0 Å². The first-order chi connectivity index (χ1) is 7.81. The maximum atomic E-state index is 3.61. The average molecular weight is 296 g/mol. The predicted octanol–water partition coefficient (Wildman–Crippen LogP) is 4.11. The van der Waals surface area contributed by atoms with E-state index in [9.17, 15) is 0 Å². The monoisotopic (exact) mass is 295 g/mol. The number of hydrogen-bond donors (Lipinski definition) is 1. The summed E-state index contributed by atoms with van der Waals surface area (Å²) in [6, 6.07) is 8.79. The van der Waals surface area contributed by atoms with E-state index in [-0.39, 0.29) is 5.54 Å². The van der Waals surface area contributed by atoms with Crippen LogP contribution in [0, 0.1) is 5.92 Å². The minimum absolute atomic E-state index is 0.225. The van der Waals surface area contributed by atoms with E-state index < -0.39 is 0 Å². The molecule has 1 aromatic rings. The highest BCUT2D eigenvalue weighted by Gasteiger charge is 2.50. The number of hydrogen-bond acceptors (Lipinski definition) is 1. The van der Waals surface area contributed by atoms with Crippen molar-refractivity contribution in [1.82, 2.24) is 5.32 Å². The van der Waals surface area contributed by atoms with Crippen molar-refractivity contribution < 1.29 is 0 Å². The van der Waals surface area contributed by atoms with Gasteiger partial charge in [-0.05, 0) is 62.8 Å². The predicted molar refractivity (Wildman–Crippen MR) is 77.4 cm³/mol. The Labute approximate surface area is 113 Å². The van der Waals surface area contributed by atoms with Gasteiger partial charge >= 0.3 is 0 Å². The molecule has 0 saturated heterocycles. The van der Waals surface area contributed by atoms with Crippen LogP contribution in [0.2, 0.25) is 0 Å². The van der Waals surface area contributed by atoms with Crippen molar-refractivity contribution in [1.29, 1.82) is 0 Å². The Bertz CT molecular complexity index is 390. The van der Waals surface area contributed by atoms with E-state index in [1.165, 1.54) is 12.0 Å². The lowest BCUT2D eigenvalue weighted by atomic mass is 9.95. The SMILES string of the molecule is CC(C)(C)NCC1CC1(C)c1ccc(Br)cc1. The first kappa shape index (κ1) is 13.1. The number of nitrogens with one attached hydrogen (secondary N) is 1. The third-order valence-electron chi connectivity index (χ3n) is 3.79. The van der Waals surface area contributed by atoms with Gasteiger partial charge in [-0.1, -0.05) is 35.0 Å². The molecule has 2 atom stereocenters. The Morgan fingerprint density at radius 2 is 1.88 bits per heavy atom. The van der Waals surface area contributed by atoms with Crippen LogP contribution in [-0.2, 0) is 5.41 Å². The third kappa shape index (κ3) is 3.11. The first-order valence-corrected chi connectivity index (χ1v) is 7.12. The Balaban J connectivity index is 1.97. The second-order valence-corrected chi connectivity index (χ2v) is 7.37. The van der Waals surface area contributed by atoms with Gasteiger partial charge in [-0.25, -0.2) is 0 Å². The zero-order chi connectivity index (χ0) is 12.7. The number of rotatable bonds is 3. The first-order valence-electron chi connectivity index (χ1n) is 6.32. The zero-order valence-corrected chi connectivity index (χ0v) is 12.8. The summed E-state index contributed by atoms with van der Waals surface area (Å²) in [5, 5.41) is 3.61. The lowest BCUT2D eigenvalue weighted by Gasteiger charge is -2.21. The highest BCUT2D eigenvalue weighted by molar-refractivity contribution is 9.10. The van der Waals surface area contributed by atoms with Gasteiger partial charge in [-0.15, -0.1) is 0 Å². The molecular weight excluding hydrogens is 274 g/mol. The van der Waals surface area contributed by atoms with Crippen molar-refractivity contribution >= 4 is 15.9 Å². The molecule has 1 aliphatic carbocycles. The molecule has 1 N–H and O–H groups in total. The summed E-state index contributed by atoms with van der Waals surface area (Å²) < 4.78 is 1.16. The van der Waals surface area contributed by atoms with Gasteiger partial charge in [0.1, 0.15) is 0 Å². The van der Waals surface area contributed by atoms with Crippen molar-refractivity contribution in [3.8, 4) is 0 Å². The van der Waals surface area contributed by atoms with Crippen LogP contribution in [0.25, 0.3) is 0 Å². The Morgan fingerprint density at radius 3 is 2.41 bits per heavy atom. The summed E-state index contributed by atoms with van der Waals surface area (Å²) in [7, 11) is 0. The molecule has 0 aromatic heterocycles. The molecule has 0 spiro atoms. The third-order valence-corrected chi connectivity index (χ3v) is 4.32. The van der Waals surface area contributed by atoms with E-state index >= 15 is 0 Å². The van der Waals surface area contributed by atoms with Gasteiger partial charge in [-0.2, -0.15) is 0 Å². The van der Waals surface area contributed by atoms with Crippen LogP contribution < -0.4 is 5.32 Å². The van der Waals surface area contributed by atoms with Gasteiger partial charge in [-0.3, -0.25) is 0 Å². The molecule has 1 aliphatic rings. The van der Waals surface area contributed by atoms with Gasteiger partial charge in [0.15, 0.2) is 0 Å². The minimum atomic E-state index is 0.225. The zero-order valence-electron chi connectivity index (χ0n) is 11.2. The summed E-state index contributed by atoms with van der Waals surface area (Å²) in [4.78, 5) is 0. The molecule has 17 heavy (non-hydrogen) atoms. The molecule has 2 rings (SSSR count). The highest BCUT2D eigenvalue weighted by Crippen LogP contribution is 2.53. The molecule has 0 bridgehead atoms. The largest absolute Gasteiger partial charge is 0.312 e. The fraction of sp³-hybridized carbons (Fsp3) is 0.600. The molecule has 1 aromatic carbocycles. The summed E-state index contributed by atoms with van der Waals surface area (Å²) in [6.45, 7) is 10.2. The van der Waals surface area contributed by atoms with Crippen molar-refractivity contribution in [2.45, 2.75) is 45.1 Å².